The number of aromatic nitrogens is 2. The van der Waals surface area contributed by atoms with Crippen molar-refractivity contribution >= 4 is 28.8 Å². The largest absolute Gasteiger partial charge is 0.493 e. The molecule has 8 heteroatoms. The van der Waals surface area contributed by atoms with Gasteiger partial charge in [0, 0.05) is 18.7 Å². The van der Waals surface area contributed by atoms with E-state index in [-0.39, 0.29) is 11.8 Å². The van der Waals surface area contributed by atoms with Crippen LogP contribution in [0.5, 0.6) is 5.75 Å². The van der Waals surface area contributed by atoms with Gasteiger partial charge in [-0.25, -0.2) is 14.8 Å². The van der Waals surface area contributed by atoms with Gasteiger partial charge in [-0.2, -0.15) is 10.1 Å². The molecule has 1 aliphatic rings. The predicted octanol–water partition coefficient (Wildman–Crippen LogP) is 3.84. The van der Waals surface area contributed by atoms with Crippen molar-refractivity contribution in [2.45, 2.75) is 13.3 Å². The molecule has 1 aliphatic heterocycles. The standard InChI is InChI=1S/C22H24FN5O2/c1-2-11-30-20-8-7-16-5-3-4-6-17(16)18(20)14-25-27-22-24-15-19(23)21(26-22)28-9-12-29-13-10-28/h3-8,14-15H,2,9-13H2,1H3,(H,24,26,27)/b25-14-. The highest BCUT2D eigenvalue weighted by Gasteiger charge is 2.17. The summed E-state index contributed by atoms with van der Waals surface area (Å²) in [6, 6.07) is 12.0. The average Bonchev–Trinajstić information content (AvgIpc) is 2.80. The van der Waals surface area contributed by atoms with Gasteiger partial charge in [-0.05, 0) is 23.3 Å². The van der Waals surface area contributed by atoms with Gasteiger partial charge in [0.2, 0.25) is 5.95 Å². The van der Waals surface area contributed by atoms with E-state index in [4.69, 9.17) is 9.47 Å². The van der Waals surface area contributed by atoms with E-state index in [9.17, 15) is 4.39 Å². The van der Waals surface area contributed by atoms with Crippen LogP contribution in [0.25, 0.3) is 10.8 Å². The lowest BCUT2D eigenvalue weighted by molar-refractivity contribution is 0.122. The molecule has 1 fully saturated rings. The van der Waals surface area contributed by atoms with Gasteiger partial charge in [-0.1, -0.05) is 37.3 Å². The summed E-state index contributed by atoms with van der Waals surface area (Å²) in [6.45, 7) is 4.96. The molecular weight excluding hydrogens is 385 g/mol. The first-order chi connectivity index (χ1) is 14.8. The molecule has 3 aromatic rings. The SMILES string of the molecule is CCCOc1ccc2ccccc2c1/C=N\Nc1ncc(F)c(N2CCOCC2)n1. The molecule has 0 radical (unpaired) electrons. The Morgan fingerprint density at radius 1 is 1.23 bits per heavy atom. The highest BCUT2D eigenvalue weighted by molar-refractivity contribution is 6.02. The van der Waals surface area contributed by atoms with E-state index in [1.165, 1.54) is 0 Å². The van der Waals surface area contributed by atoms with Gasteiger partial charge >= 0.3 is 0 Å². The van der Waals surface area contributed by atoms with E-state index in [1.54, 1.807) is 6.21 Å². The first-order valence-corrected chi connectivity index (χ1v) is 10.0. The van der Waals surface area contributed by atoms with E-state index in [2.05, 4.69) is 27.4 Å². The lowest BCUT2D eigenvalue weighted by atomic mass is 10.0. The fourth-order valence-electron chi connectivity index (χ4n) is 3.31. The number of fused-ring (bicyclic) bond motifs is 1. The molecule has 156 valence electrons. The van der Waals surface area contributed by atoms with E-state index in [1.807, 2.05) is 41.3 Å². The number of rotatable bonds is 7. The van der Waals surface area contributed by atoms with Crippen molar-refractivity contribution in [1.29, 1.82) is 0 Å². The van der Waals surface area contributed by atoms with Crippen LogP contribution in [0.15, 0.2) is 47.7 Å². The Hall–Kier alpha value is -3.26. The third kappa shape index (κ3) is 4.49. The van der Waals surface area contributed by atoms with Crippen molar-refractivity contribution in [3.8, 4) is 5.75 Å². The summed E-state index contributed by atoms with van der Waals surface area (Å²) < 4.78 is 25.4. The minimum atomic E-state index is -0.462. The normalized spacial score (nSPS) is 14.4. The van der Waals surface area contributed by atoms with Gasteiger partial charge in [0.1, 0.15) is 5.75 Å². The average molecular weight is 409 g/mol. The van der Waals surface area contributed by atoms with Gasteiger partial charge in [0.05, 0.1) is 32.2 Å². The smallest absolute Gasteiger partial charge is 0.245 e. The van der Waals surface area contributed by atoms with E-state index in [0.717, 1.165) is 34.7 Å². The lowest BCUT2D eigenvalue weighted by Crippen LogP contribution is -2.37. The van der Waals surface area contributed by atoms with Crippen molar-refractivity contribution in [2.75, 3.05) is 43.2 Å². The fourth-order valence-corrected chi connectivity index (χ4v) is 3.31. The molecule has 0 spiro atoms. The van der Waals surface area contributed by atoms with Crippen LogP contribution in [0.2, 0.25) is 0 Å². The van der Waals surface area contributed by atoms with Crippen LogP contribution in [0.1, 0.15) is 18.9 Å². The number of ether oxygens (including phenoxy) is 2. The predicted molar refractivity (Wildman–Crippen MR) is 116 cm³/mol. The maximum absolute atomic E-state index is 14.2. The van der Waals surface area contributed by atoms with E-state index in [0.29, 0.717) is 32.9 Å². The van der Waals surface area contributed by atoms with Crippen LogP contribution < -0.4 is 15.1 Å². The number of hydrogen-bond acceptors (Lipinski definition) is 7. The van der Waals surface area contributed by atoms with Crippen molar-refractivity contribution in [3.63, 3.8) is 0 Å². The van der Waals surface area contributed by atoms with E-state index < -0.39 is 5.82 Å². The van der Waals surface area contributed by atoms with Crippen molar-refractivity contribution in [2.24, 2.45) is 5.10 Å². The Labute approximate surface area is 174 Å². The second-order valence-electron chi connectivity index (χ2n) is 6.88. The number of nitrogens with one attached hydrogen (secondary N) is 1. The molecule has 0 amide bonds. The zero-order valence-corrected chi connectivity index (χ0v) is 16.8. The molecule has 0 atom stereocenters. The second kappa shape index (κ2) is 9.49. The molecule has 30 heavy (non-hydrogen) atoms. The molecule has 0 saturated carbocycles. The summed E-state index contributed by atoms with van der Waals surface area (Å²) in [7, 11) is 0. The summed E-state index contributed by atoms with van der Waals surface area (Å²) in [4.78, 5) is 10.1. The molecule has 2 heterocycles. The van der Waals surface area contributed by atoms with Crippen LogP contribution in [0.3, 0.4) is 0 Å². The molecule has 1 N–H and O–H groups in total. The van der Waals surface area contributed by atoms with Crippen molar-refractivity contribution < 1.29 is 13.9 Å². The Kier molecular flexibility index (Phi) is 6.34. The van der Waals surface area contributed by atoms with Gasteiger partial charge in [-0.15, -0.1) is 0 Å². The van der Waals surface area contributed by atoms with Crippen molar-refractivity contribution in [3.05, 3.63) is 54.0 Å². The quantitative estimate of drug-likeness (QED) is 0.472. The number of morpholine rings is 1. The molecule has 4 rings (SSSR count). The minimum Gasteiger partial charge on any atom is -0.493 e. The van der Waals surface area contributed by atoms with Crippen LogP contribution in [-0.4, -0.2) is 49.1 Å². The van der Waals surface area contributed by atoms with Gasteiger partial charge in [0.25, 0.3) is 0 Å². The summed E-state index contributed by atoms with van der Waals surface area (Å²) in [5.41, 5.74) is 3.68. The molecule has 1 saturated heterocycles. The number of nitrogens with zero attached hydrogens (tertiary/aromatic N) is 4. The highest BCUT2D eigenvalue weighted by Crippen LogP contribution is 2.27. The third-order valence-electron chi connectivity index (χ3n) is 4.79. The molecule has 0 aliphatic carbocycles. The Morgan fingerprint density at radius 3 is 2.90 bits per heavy atom. The number of hydrazone groups is 1. The molecule has 2 aromatic carbocycles. The van der Waals surface area contributed by atoms with Gasteiger partial charge < -0.3 is 14.4 Å². The second-order valence-corrected chi connectivity index (χ2v) is 6.88. The lowest BCUT2D eigenvalue weighted by Gasteiger charge is -2.27. The van der Waals surface area contributed by atoms with Crippen LogP contribution in [-0.2, 0) is 4.74 Å². The summed E-state index contributed by atoms with van der Waals surface area (Å²) in [5, 5.41) is 6.43. The number of benzene rings is 2. The summed E-state index contributed by atoms with van der Waals surface area (Å²) >= 11 is 0. The molecule has 7 nitrogen and oxygen atoms in total. The molecule has 0 bridgehead atoms. The maximum Gasteiger partial charge on any atom is 0.245 e. The minimum absolute atomic E-state index is 0.227. The summed E-state index contributed by atoms with van der Waals surface area (Å²) in [5.74, 6) is 0.777. The van der Waals surface area contributed by atoms with Crippen molar-refractivity contribution in [1.82, 2.24) is 9.97 Å². The number of halogens is 1. The van der Waals surface area contributed by atoms with Crippen LogP contribution in [0.4, 0.5) is 16.2 Å². The third-order valence-corrected chi connectivity index (χ3v) is 4.79. The first kappa shape index (κ1) is 20.0. The Balaban J connectivity index is 1.58. The topological polar surface area (TPSA) is 71.9 Å². The highest BCUT2D eigenvalue weighted by atomic mass is 19.1. The Bertz CT molecular complexity index is 1040. The fraction of sp³-hybridized carbons (Fsp3) is 0.318. The number of anilines is 2. The molecule has 1 aromatic heterocycles. The molecular formula is C22H24FN5O2. The van der Waals surface area contributed by atoms with Gasteiger partial charge in [-0.3, -0.25) is 0 Å². The zero-order chi connectivity index (χ0) is 20.8. The molecule has 0 unspecified atom stereocenters. The number of hydrogen-bond donors (Lipinski definition) is 1. The van der Waals surface area contributed by atoms with Gasteiger partial charge in [0.15, 0.2) is 11.6 Å². The Morgan fingerprint density at radius 2 is 2.07 bits per heavy atom. The van der Waals surface area contributed by atoms with E-state index >= 15 is 0 Å². The maximum atomic E-state index is 14.2. The zero-order valence-electron chi connectivity index (χ0n) is 16.8. The summed E-state index contributed by atoms with van der Waals surface area (Å²) in [6.07, 6.45) is 3.76. The van der Waals surface area contributed by atoms with Crippen LogP contribution >= 0.6 is 0 Å². The first-order valence-electron chi connectivity index (χ1n) is 10.0. The van der Waals surface area contributed by atoms with Crippen LogP contribution in [0, 0.1) is 5.82 Å². The monoisotopic (exact) mass is 409 g/mol.